The Labute approximate surface area is 148 Å². The molecule has 26 heavy (non-hydrogen) atoms. The van der Waals surface area contributed by atoms with Crippen molar-refractivity contribution >= 4 is 11.5 Å². The molecule has 136 valence electrons. The summed E-state index contributed by atoms with van der Waals surface area (Å²) < 4.78 is 27.4. The summed E-state index contributed by atoms with van der Waals surface area (Å²) in [5.41, 5.74) is 0.660. The summed E-state index contributed by atoms with van der Waals surface area (Å²) in [6.07, 6.45) is 5.11. The largest absolute Gasteiger partial charge is 0.396 e. The van der Waals surface area contributed by atoms with E-state index in [2.05, 4.69) is 24.8 Å². The van der Waals surface area contributed by atoms with Crippen LogP contribution in [0.15, 0.2) is 30.9 Å². The second-order valence-corrected chi connectivity index (χ2v) is 6.36. The minimum Gasteiger partial charge on any atom is -0.396 e. The molecule has 1 fully saturated rings. The number of anilines is 1. The van der Waals surface area contributed by atoms with Crippen LogP contribution in [-0.4, -0.2) is 49.1 Å². The van der Waals surface area contributed by atoms with E-state index in [9.17, 15) is 13.9 Å². The molecule has 1 aliphatic rings. The summed E-state index contributed by atoms with van der Waals surface area (Å²) in [4.78, 5) is 18.9. The number of rotatable bonds is 4. The molecule has 0 aliphatic carbocycles. The molecule has 7 nitrogen and oxygen atoms in total. The van der Waals surface area contributed by atoms with Crippen LogP contribution in [0.3, 0.4) is 0 Å². The van der Waals surface area contributed by atoms with Crippen molar-refractivity contribution in [2.75, 3.05) is 24.6 Å². The Morgan fingerprint density at radius 3 is 2.92 bits per heavy atom. The SMILES string of the molecule is OC[C@H]1CCCN(c2ccnc(-c3cnc4cnc(C(F)F)cn34)n2)C1. The lowest BCUT2D eigenvalue weighted by molar-refractivity contribution is 0.145. The van der Waals surface area contributed by atoms with Crippen LogP contribution in [0.2, 0.25) is 0 Å². The molecule has 0 saturated carbocycles. The third kappa shape index (κ3) is 3.10. The van der Waals surface area contributed by atoms with Crippen LogP contribution in [0.1, 0.15) is 25.0 Å². The molecule has 3 aromatic heterocycles. The third-order valence-corrected chi connectivity index (χ3v) is 4.61. The first-order valence-electron chi connectivity index (χ1n) is 8.46. The lowest BCUT2D eigenvalue weighted by Crippen LogP contribution is -2.37. The zero-order valence-electron chi connectivity index (χ0n) is 14.0. The summed E-state index contributed by atoms with van der Waals surface area (Å²) in [7, 11) is 0. The molecule has 4 rings (SSSR count). The summed E-state index contributed by atoms with van der Waals surface area (Å²) in [5, 5.41) is 9.41. The smallest absolute Gasteiger partial charge is 0.281 e. The van der Waals surface area contributed by atoms with Crippen LogP contribution in [0.5, 0.6) is 0 Å². The lowest BCUT2D eigenvalue weighted by Gasteiger charge is -2.32. The number of nitrogens with zero attached hydrogens (tertiary/aromatic N) is 6. The molecule has 0 spiro atoms. The molecule has 0 radical (unpaired) electrons. The van der Waals surface area contributed by atoms with E-state index in [1.165, 1.54) is 16.8 Å². The van der Waals surface area contributed by atoms with E-state index >= 15 is 0 Å². The van der Waals surface area contributed by atoms with Crippen LogP contribution < -0.4 is 4.90 Å². The Kier molecular flexibility index (Phi) is 4.46. The number of aliphatic hydroxyl groups is 1. The Balaban J connectivity index is 1.70. The molecule has 1 saturated heterocycles. The van der Waals surface area contributed by atoms with Gasteiger partial charge < -0.3 is 10.0 Å². The van der Waals surface area contributed by atoms with Crippen molar-refractivity contribution in [3.63, 3.8) is 0 Å². The van der Waals surface area contributed by atoms with Crippen LogP contribution in [-0.2, 0) is 0 Å². The lowest BCUT2D eigenvalue weighted by atomic mass is 9.99. The van der Waals surface area contributed by atoms with Crippen molar-refractivity contribution in [2.45, 2.75) is 19.3 Å². The van der Waals surface area contributed by atoms with E-state index in [0.717, 1.165) is 31.7 Å². The molecule has 1 aliphatic heterocycles. The molecule has 3 aromatic rings. The second kappa shape index (κ2) is 6.91. The van der Waals surface area contributed by atoms with Gasteiger partial charge in [-0.2, -0.15) is 0 Å². The topological polar surface area (TPSA) is 79.4 Å². The highest BCUT2D eigenvalue weighted by atomic mass is 19.3. The number of imidazole rings is 1. The second-order valence-electron chi connectivity index (χ2n) is 6.36. The molecule has 9 heteroatoms. The van der Waals surface area contributed by atoms with Gasteiger partial charge in [0.1, 0.15) is 17.2 Å². The van der Waals surface area contributed by atoms with Crippen molar-refractivity contribution in [2.24, 2.45) is 5.92 Å². The molecule has 0 unspecified atom stereocenters. The van der Waals surface area contributed by atoms with Crippen molar-refractivity contribution in [3.05, 3.63) is 36.5 Å². The van der Waals surface area contributed by atoms with Gasteiger partial charge >= 0.3 is 0 Å². The van der Waals surface area contributed by atoms with E-state index in [1.54, 1.807) is 12.4 Å². The van der Waals surface area contributed by atoms with Gasteiger partial charge in [-0.3, -0.25) is 4.40 Å². The number of fused-ring (bicyclic) bond motifs is 1. The van der Waals surface area contributed by atoms with Gasteiger partial charge in [0.25, 0.3) is 6.43 Å². The highest BCUT2D eigenvalue weighted by molar-refractivity contribution is 5.58. The van der Waals surface area contributed by atoms with Gasteiger partial charge in [-0.15, -0.1) is 0 Å². The monoisotopic (exact) mass is 360 g/mol. The van der Waals surface area contributed by atoms with E-state index < -0.39 is 6.43 Å². The van der Waals surface area contributed by atoms with E-state index in [4.69, 9.17) is 0 Å². The number of aromatic nitrogens is 5. The fraction of sp³-hybridized carbons (Fsp3) is 0.412. The summed E-state index contributed by atoms with van der Waals surface area (Å²) in [6.45, 7) is 1.75. The standard InChI is InChI=1S/C17H18F2N6O/c18-16(19)12-9-25-13(6-22-15(25)7-21-12)17-20-4-3-14(23-17)24-5-1-2-11(8-24)10-26/h3-4,6-7,9,11,16,26H,1-2,5,8,10H2/t11-/m0/s1. The summed E-state index contributed by atoms with van der Waals surface area (Å²) in [6, 6.07) is 1.82. The highest BCUT2D eigenvalue weighted by Gasteiger charge is 2.21. The Bertz CT molecular complexity index is 915. The molecular weight excluding hydrogens is 342 g/mol. The van der Waals surface area contributed by atoms with Gasteiger partial charge in [0.15, 0.2) is 11.5 Å². The predicted octanol–water partition coefficient (Wildman–Crippen LogP) is 2.33. The minimum absolute atomic E-state index is 0.158. The van der Waals surface area contributed by atoms with Gasteiger partial charge in [-0.1, -0.05) is 0 Å². The fourth-order valence-electron chi connectivity index (χ4n) is 3.25. The summed E-state index contributed by atoms with van der Waals surface area (Å²) >= 11 is 0. The quantitative estimate of drug-likeness (QED) is 0.769. The first kappa shape index (κ1) is 16.8. The van der Waals surface area contributed by atoms with Crippen LogP contribution in [0.25, 0.3) is 17.2 Å². The molecule has 0 aromatic carbocycles. The predicted molar refractivity (Wildman–Crippen MR) is 91.0 cm³/mol. The molecular formula is C17H18F2N6O. The van der Waals surface area contributed by atoms with Gasteiger partial charge in [0.05, 0.1) is 12.4 Å². The highest BCUT2D eigenvalue weighted by Crippen LogP contribution is 2.25. The Morgan fingerprint density at radius 2 is 2.12 bits per heavy atom. The fourth-order valence-corrected chi connectivity index (χ4v) is 3.25. The van der Waals surface area contributed by atoms with Crippen LogP contribution >= 0.6 is 0 Å². The van der Waals surface area contributed by atoms with Crippen LogP contribution in [0, 0.1) is 5.92 Å². The molecule has 0 bridgehead atoms. The van der Waals surface area contributed by atoms with Crippen LogP contribution in [0.4, 0.5) is 14.6 Å². The zero-order valence-corrected chi connectivity index (χ0v) is 14.0. The maximum atomic E-state index is 13.0. The van der Waals surface area contributed by atoms with Gasteiger partial charge in [-0.25, -0.2) is 28.7 Å². The first-order valence-corrected chi connectivity index (χ1v) is 8.46. The van der Waals surface area contributed by atoms with E-state index in [0.29, 0.717) is 17.2 Å². The molecule has 4 heterocycles. The molecule has 0 amide bonds. The Morgan fingerprint density at radius 1 is 1.23 bits per heavy atom. The normalized spacial score (nSPS) is 18.0. The minimum atomic E-state index is -2.66. The number of alkyl halides is 2. The maximum Gasteiger partial charge on any atom is 0.281 e. The zero-order chi connectivity index (χ0) is 18.1. The first-order chi connectivity index (χ1) is 12.7. The van der Waals surface area contributed by atoms with Gasteiger partial charge in [0.2, 0.25) is 0 Å². The maximum absolute atomic E-state index is 13.0. The molecule has 1 atom stereocenters. The average molecular weight is 360 g/mol. The van der Waals surface area contributed by atoms with Crippen molar-refractivity contribution < 1.29 is 13.9 Å². The van der Waals surface area contributed by atoms with Crippen molar-refractivity contribution in [1.82, 2.24) is 24.3 Å². The van der Waals surface area contributed by atoms with Crippen molar-refractivity contribution in [1.29, 1.82) is 0 Å². The third-order valence-electron chi connectivity index (χ3n) is 4.61. The van der Waals surface area contributed by atoms with E-state index in [-0.39, 0.29) is 18.2 Å². The molecule has 1 N–H and O–H groups in total. The number of piperidine rings is 1. The van der Waals surface area contributed by atoms with Gasteiger partial charge in [0, 0.05) is 32.1 Å². The van der Waals surface area contributed by atoms with E-state index in [1.807, 2.05) is 6.07 Å². The summed E-state index contributed by atoms with van der Waals surface area (Å²) in [5.74, 6) is 1.40. The number of halogens is 2. The van der Waals surface area contributed by atoms with Gasteiger partial charge in [-0.05, 0) is 24.8 Å². The Hall–Kier alpha value is -2.68. The average Bonchev–Trinajstić information content (AvgIpc) is 3.11. The number of hydrogen-bond donors (Lipinski definition) is 1. The van der Waals surface area contributed by atoms with Crippen molar-refractivity contribution in [3.8, 4) is 11.5 Å². The number of aliphatic hydroxyl groups excluding tert-OH is 1. The number of hydrogen-bond acceptors (Lipinski definition) is 6.